The molecule has 4 nitrogen and oxygen atoms in total. The highest BCUT2D eigenvalue weighted by Gasteiger charge is 2.19. The van der Waals surface area contributed by atoms with Crippen LogP contribution in [0.1, 0.15) is 13.8 Å². The van der Waals surface area contributed by atoms with Gasteiger partial charge in [-0.2, -0.15) is 0 Å². The van der Waals surface area contributed by atoms with Crippen molar-refractivity contribution < 1.29 is 14.3 Å². The number of carbonyl (C=O) groups is 1. The summed E-state index contributed by atoms with van der Waals surface area (Å²) in [5, 5.41) is 1.29. The maximum atomic E-state index is 12.0. The van der Waals surface area contributed by atoms with Gasteiger partial charge in [-0.15, -0.1) is 0 Å². The second kappa shape index (κ2) is 8.47. The molecule has 128 valence electrons. The highest BCUT2D eigenvalue weighted by molar-refractivity contribution is 6.35. The summed E-state index contributed by atoms with van der Waals surface area (Å²) in [5.41, 5.74) is 0.842. The van der Waals surface area contributed by atoms with Gasteiger partial charge in [-0.05, 0) is 50.2 Å². The molecule has 0 N–H and O–H groups in total. The number of ether oxygens (including phenoxy) is 2. The van der Waals surface area contributed by atoms with Crippen LogP contribution in [0, 0.1) is 0 Å². The molecule has 0 radical (unpaired) electrons. The predicted molar refractivity (Wildman–Crippen MR) is 97.5 cm³/mol. The Balaban J connectivity index is 2.04. The lowest BCUT2D eigenvalue weighted by Gasteiger charge is -2.29. The maximum Gasteiger partial charge on any atom is 0.515 e. The third kappa shape index (κ3) is 4.94. The first kappa shape index (κ1) is 18.7. The van der Waals surface area contributed by atoms with Crippen LogP contribution in [-0.4, -0.2) is 18.9 Å². The van der Waals surface area contributed by atoms with E-state index in [1.165, 1.54) is 12.1 Å². The normalized spacial score (nSPS) is 11.7. The first-order valence-corrected chi connectivity index (χ1v) is 8.39. The number of hydrogen-bond donors (Lipinski definition) is 0. The molecule has 1 unspecified atom stereocenters. The third-order valence-electron chi connectivity index (χ3n) is 3.27. The number of carbonyl (C=O) groups excluding carboxylic acids is 1. The van der Waals surface area contributed by atoms with E-state index in [1.807, 2.05) is 24.0 Å². The summed E-state index contributed by atoms with van der Waals surface area (Å²) in [4.78, 5) is 13.9. The Kier molecular flexibility index (Phi) is 6.60. The molecular weight excluding hydrogens is 373 g/mol. The van der Waals surface area contributed by atoms with Gasteiger partial charge < -0.3 is 14.4 Å². The lowest BCUT2D eigenvalue weighted by Crippen LogP contribution is -2.37. The molecule has 0 aliphatic rings. The van der Waals surface area contributed by atoms with Crippen molar-refractivity contribution in [1.29, 1.82) is 0 Å². The number of rotatable bonds is 5. The van der Waals surface area contributed by atoms with Crippen LogP contribution in [0.15, 0.2) is 42.5 Å². The molecule has 2 aromatic carbocycles. The lowest BCUT2D eigenvalue weighted by molar-refractivity contribution is 0.0646. The first-order chi connectivity index (χ1) is 11.4. The van der Waals surface area contributed by atoms with E-state index in [0.717, 1.165) is 5.69 Å². The van der Waals surface area contributed by atoms with E-state index in [2.05, 4.69) is 0 Å². The van der Waals surface area contributed by atoms with Crippen molar-refractivity contribution in [2.75, 3.05) is 11.4 Å². The van der Waals surface area contributed by atoms with Gasteiger partial charge in [0.25, 0.3) is 0 Å². The zero-order valence-electron chi connectivity index (χ0n) is 13.1. The maximum absolute atomic E-state index is 12.0. The highest BCUT2D eigenvalue weighted by atomic mass is 35.5. The molecule has 0 saturated carbocycles. The average molecular weight is 389 g/mol. The Morgan fingerprint density at radius 2 is 1.83 bits per heavy atom. The Morgan fingerprint density at radius 1 is 1.12 bits per heavy atom. The van der Waals surface area contributed by atoms with Crippen LogP contribution in [0.5, 0.6) is 5.75 Å². The summed E-state index contributed by atoms with van der Waals surface area (Å²) in [7, 11) is 0. The minimum Gasteiger partial charge on any atom is -0.410 e. The molecule has 0 bridgehead atoms. The standard InChI is InChI=1S/C17H16Cl3NO3/c1-3-21(14-6-4-5-12(18)9-14)11(2)23-17(22)24-16-8-7-13(19)10-15(16)20/h4-11H,3H2,1-2H3. The van der Waals surface area contributed by atoms with Crippen LogP contribution in [0.25, 0.3) is 0 Å². The summed E-state index contributed by atoms with van der Waals surface area (Å²) >= 11 is 17.8. The number of hydrogen-bond acceptors (Lipinski definition) is 4. The SMILES string of the molecule is CCN(c1cccc(Cl)c1)C(C)OC(=O)Oc1ccc(Cl)cc1Cl. The van der Waals surface area contributed by atoms with E-state index in [-0.39, 0.29) is 10.8 Å². The summed E-state index contributed by atoms with van der Waals surface area (Å²) in [6, 6.07) is 11.9. The Labute approximate surface area is 155 Å². The fourth-order valence-electron chi connectivity index (χ4n) is 2.18. The van der Waals surface area contributed by atoms with Gasteiger partial charge in [0.15, 0.2) is 12.0 Å². The van der Waals surface area contributed by atoms with Crippen molar-refractivity contribution in [3.8, 4) is 5.75 Å². The van der Waals surface area contributed by atoms with Gasteiger partial charge in [-0.1, -0.05) is 40.9 Å². The number of benzene rings is 2. The van der Waals surface area contributed by atoms with Crippen LogP contribution in [0.4, 0.5) is 10.5 Å². The first-order valence-electron chi connectivity index (χ1n) is 7.26. The van der Waals surface area contributed by atoms with Crippen LogP contribution in [0.3, 0.4) is 0 Å². The number of halogens is 3. The summed E-state index contributed by atoms with van der Waals surface area (Å²) < 4.78 is 10.4. The van der Waals surface area contributed by atoms with E-state index in [9.17, 15) is 4.79 Å². The lowest BCUT2D eigenvalue weighted by atomic mass is 10.3. The van der Waals surface area contributed by atoms with Gasteiger partial charge in [0.05, 0.1) is 5.02 Å². The van der Waals surface area contributed by atoms with Crippen molar-refractivity contribution in [2.24, 2.45) is 0 Å². The minimum absolute atomic E-state index is 0.184. The van der Waals surface area contributed by atoms with E-state index in [1.54, 1.807) is 25.1 Å². The fraction of sp³-hybridized carbons (Fsp3) is 0.235. The Morgan fingerprint density at radius 3 is 2.46 bits per heavy atom. The van der Waals surface area contributed by atoms with E-state index in [0.29, 0.717) is 16.6 Å². The zero-order valence-corrected chi connectivity index (χ0v) is 15.4. The van der Waals surface area contributed by atoms with E-state index >= 15 is 0 Å². The van der Waals surface area contributed by atoms with Crippen molar-refractivity contribution in [2.45, 2.75) is 20.1 Å². The smallest absolute Gasteiger partial charge is 0.410 e. The summed E-state index contributed by atoms with van der Waals surface area (Å²) in [6.45, 7) is 4.31. The van der Waals surface area contributed by atoms with Crippen LogP contribution >= 0.6 is 34.8 Å². The Bertz CT molecular complexity index is 724. The van der Waals surface area contributed by atoms with Gasteiger partial charge in [0.2, 0.25) is 0 Å². The second-order valence-corrected chi connectivity index (χ2v) is 6.19. The quantitative estimate of drug-likeness (QED) is 0.356. The van der Waals surface area contributed by atoms with Gasteiger partial charge in [-0.25, -0.2) is 4.79 Å². The van der Waals surface area contributed by atoms with Crippen molar-refractivity contribution in [3.63, 3.8) is 0 Å². The Hall–Kier alpha value is -1.62. The van der Waals surface area contributed by atoms with Gasteiger partial charge in [-0.3, -0.25) is 0 Å². The largest absolute Gasteiger partial charge is 0.515 e. The van der Waals surface area contributed by atoms with Crippen LogP contribution < -0.4 is 9.64 Å². The molecule has 0 spiro atoms. The molecular formula is C17H16Cl3NO3. The minimum atomic E-state index is -0.854. The van der Waals surface area contributed by atoms with E-state index < -0.39 is 12.4 Å². The molecule has 2 aromatic rings. The number of nitrogens with zero attached hydrogens (tertiary/aromatic N) is 1. The molecule has 1 atom stereocenters. The van der Waals surface area contributed by atoms with Crippen molar-refractivity contribution in [3.05, 3.63) is 57.5 Å². The van der Waals surface area contributed by atoms with Crippen LogP contribution in [0.2, 0.25) is 15.1 Å². The summed E-state index contributed by atoms with van der Waals surface area (Å²) in [5.74, 6) is 0.184. The molecule has 24 heavy (non-hydrogen) atoms. The fourth-order valence-corrected chi connectivity index (χ4v) is 2.81. The predicted octanol–water partition coefficient (Wildman–Crippen LogP) is 6.03. The van der Waals surface area contributed by atoms with Crippen LogP contribution in [-0.2, 0) is 4.74 Å². The van der Waals surface area contributed by atoms with Crippen molar-refractivity contribution >= 4 is 46.6 Å². The second-order valence-electron chi connectivity index (χ2n) is 4.91. The molecule has 2 rings (SSSR count). The molecule has 0 aromatic heterocycles. The highest BCUT2D eigenvalue weighted by Crippen LogP contribution is 2.28. The molecule has 0 fully saturated rings. The summed E-state index contributed by atoms with van der Waals surface area (Å²) in [6.07, 6.45) is -1.40. The average Bonchev–Trinajstić information content (AvgIpc) is 2.51. The van der Waals surface area contributed by atoms with Gasteiger partial charge in [0.1, 0.15) is 0 Å². The van der Waals surface area contributed by atoms with Gasteiger partial charge >= 0.3 is 6.16 Å². The molecule has 0 heterocycles. The third-order valence-corrected chi connectivity index (χ3v) is 4.04. The zero-order chi connectivity index (χ0) is 17.7. The van der Waals surface area contributed by atoms with Gasteiger partial charge in [0, 0.05) is 22.3 Å². The molecule has 0 aliphatic heterocycles. The number of anilines is 1. The molecule has 0 aliphatic carbocycles. The molecule has 7 heteroatoms. The van der Waals surface area contributed by atoms with E-state index in [4.69, 9.17) is 44.3 Å². The molecule has 0 amide bonds. The topological polar surface area (TPSA) is 38.8 Å². The molecule has 0 saturated heterocycles. The monoisotopic (exact) mass is 387 g/mol. The van der Waals surface area contributed by atoms with Crippen molar-refractivity contribution in [1.82, 2.24) is 0 Å².